The molecule has 1 aromatic carbocycles. The lowest BCUT2D eigenvalue weighted by Crippen LogP contribution is -2.43. The lowest BCUT2D eigenvalue weighted by Gasteiger charge is -2.28. The molecule has 3 heteroatoms. The quantitative estimate of drug-likeness (QED) is 0.877. The number of nitrogens with one attached hydrogen (secondary N) is 1. The van der Waals surface area contributed by atoms with Crippen LogP contribution >= 0.6 is 11.3 Å². The Morgan fingerprint density at radius 2 is 2.18 bits per heavy atom. The number of para-hydroxylation sites is 1. The Labute approximate surface area is 105 Å². The minimum Gasteiger partial charge on any atom is -0.316 e. The molecular formula is C14H15N2S. The summed E-state index contributed by atoms with van der Waals surface area (Å²) in [7, 11) is 0. The second-order valence-corrected chi connectivity index (χ2v) is 6.41. The molecule has 1 atom stereocenters. The van der Waals surface area contributed by atoms with Crippen LogP contribution in [-0.2, 0) is 5.41 Å². The largest absolute Gasteiger partial charge is 0.316 e. The van der Waals surface area contributed by atoms with E-state index in [1.165, 1.54) is 29.2 Å². The summed E-state index contributed by atoms with van der Waals surface area (Å²) < 4.78 is 1.32. The van der Waals surface area contributed by atoms with Crippen molar-refractivity contribution in [2.45, 2.75) is 18.8 Å². The fourth-order valence-electron chi connectivity index (χ4n) is 2.79. The van der Waals surface area contributed by atoms with Gasteiger partial charge < -0.3 is 5.32 Å². The van der Waals surface area contributed by atoms with Crippen LogP contribution in [0.5, 0.6) is 0 Å². The second-order valence-electron chi connectivity index (χ2n) is 5.38. The first-order chi connectivity index (χ1) is 8.27. The van der Waals surface area contributed by atoms with E-state index in [1.54, 1.807) is 5.92 Å². The van der Waals surface area contributed by atoms with E-state index in [9.17, 15) is 0 Å². The van der Waals surface area contributed by atoms with Gasteiger partial charge in [0.15, 0.2) is 0 Å². The summed E-state index contributed by atoms with van der Waals surface area (Å²) in [5.74, 6) is 2.53. The molecule has 1 aromatic heterocycles. The van der Waals surface area contributed by atoms with Crippen LogP contribution in [0.15, 0.2) is 24.3 Å². The molecule has 1 N–H and O–H groups in total. The molecule has 2 nitrogen and oxygen atoms in total. The number of hydrogen-bond donors (Lipinski definition) is 1. The average Bonchev–Trinajstić information content (AvgIpc) is 2.76. The van der Waals surface area contributed by atoms with Crippen LogP contribution in [0.25, 0.3) is 10.2 Å². The third-order valence-electron chi connectivity index (χ3n) is 4.17. The zero-order chi connectivity index (χ0) is 11.5. The Kier molecular flexibility index (Phi) is 1.95. The van der Waals surface area contributed by atoms with E-state index in [-0.39, 0.29) is 5.41 Å². The predicted molar refractivity (Wildman–Crippen MR) is 71.2 cm³/mol. The van der Waals surface area contributed by atoms with Gasteiger partial charge in [-0.2, -0.15) is 0 Å². The third-order valence-corrected chi connectivity index (χ3v) is 5.47. The standard InChI is InChI=1S/C14H15N2S/c1-14(6-10(14)9-7-15-8-9)13-16-11-4-2-3-5-12(11)17-13/h2-5,9,15H,6-8H2,1H3. The molecule has 1 radical (unpaired) electrons. The summed E-state index contributed by atoms with van der Waals surface area (Å²) >= 11 is 1.87. The molecule has 0 bridgehead atoms. The van der Waals surface area contributed by atoms with Crippen molar-refractivity contribution in [2.24, 2.45) is 5.92 Å². The molecule has 1 saturated heterocycles. The number of aromatic nitrogens is 1. The molecular weight excluding hydrogens is 228 g/mol. The van der Waals surface area contributed by atoms with Crippen LogP contribution in [0.4, 0.5) is 0 Å². The second kappa shape index (κ2) is 3.30. The number of thiazole rings is 1. The van der Waals surface area contributed by atoms with Crippen LogP contribution in [-0.4, -0.2) is 18.1 Å². The highest BCUT2D eigenvalue weighted by molar-refractivity contribution is 7.18. The molecule has 2 aromatic rings. The minimum absolute atomic E-state index is 0.288. The first-order valence-electron chi connectivity index (χ1n) is 6.20. The Balaban J connectivity index is 1.70. The van der Waals surface area contributed by atoms with Gasteiger partial charge >= 0.3 is 0 Å². The average molecular weight is 243 g/mol. The van der Waals surface area contributed by atoms with Crippen molar-refractivity contribution in [3.8, 4) is 0 Å². The molecule has 4 rings (SSSR count). The van der Waals surface area contributed by atoms with Gasteiger partial charge in [-0.05, 0) is 43.5 Å². The van der Waals surface area contributed by atoms with Gasteiger partial charge in [-0.3, -0.25) is 0 Å². The molecule has 2 aliphatic rings. The molecule has 1 unspecified atom stereocenters. The van der Waals surface area contributed by atoms with Gasteiger partial charge in [0.25, 0.3) is 0 Å². The molecule has 1 aliphatic heterocycles. The van der Waals surface area contributed by atoms with E-state index in [0.717, 1.165) is 11.4 Å². The van der Waals surface area contributed by atoms with Crippen molar-refractivity contribution in [1.82, 2.24) is 10.3 Å². The SMILES string of the molecule is CC1(c2nc3ccccc3s2)C[C]1C1CNC1. The van der Waals surface area contributed by atoms with Crippen LogP contribution in [0.3, 0.4) is 0 Å². The number of nitrogens with zero attached hydrogens (tertiary/aromatic N) is 1. The molecule has 0 amide bonds. The summed E-state index contributed by atoms with van der Waals surface area (Å²) in [6.45, 7) is 4.71. The van der Waals surface area contributed by atoms with Crippen molar-refractivity contribution in [2.75, 3.05) is 13.1 Å². The van der Waals surface area contributed by atoms with Gasteiger partial charge in [-0.15, -0.1) is 11.3 Å². The van der Waals surface area contributed by atoms with Gasteiger partial charge in [0.05, 0.1) is 10.2 Å². The zero-order valence-corrected chi connectivity index (χ0v) is 10.7. The molecule has 0 spiro atoms. The summed E-state index contributed by atoms with van der Waals surface area (Å²) in [5, 5.41) is 4.68. The summed E-state index contributed by atoms with van der Waals surface area (Å²) in [6.07, 6.45) is 1.25. The van der Waals surface area contributed by atoms with E-state index in [4.69, 9.17) is 4.98 Å². The molecule has 17 heavy (non-hydrogen) atoms. The van der Waals surface area contributed by atoms with Crippen LogP contribution in [0.2, 0.25) is 0 Å². The summed E-state index contributed by atoms with van der Waals surface area (Å²) in [4.78, 5) is 4.81. The maximum absolute atomic E-state index is 4.81. The van der Waals surface area contributed by atoms with Crippen molar-refractivity contribution in [3.05, 3.63) is 35.2 Å². The monoisotopic (exact) mass is 243 g/mol. The van der Waals surface area contributed by atoms with Crippen LogP contribution in [0, 0.1) is 11.8 Å². The molecule has 2 fully saturated rings. The normalized spacial score (nSPS) is 29.5. The molecule has 2 heterocycles. The number of hydrogen-bond acceptors (Lipinski definition) is 3. The van der Waals surface area contributed by atoms with E-state index < -0.39 is 0 Å². The summed E-state index contributed by atoms with van der Waals surface area (Å²) in [6, 6.07) is 8.46. The Hall–Kier alpha value is -0.930. The van der Waals surface area contributed by atoms with Gasteiger partial charge in [0.2, 0.25) is 0 Å². The highest BCUT2D eigenvalue weighted by atomic mass is 32.1. The Morgan fingerprint density at radius 1 is 1.35 bits per heavy atom. The zero-order valence-electron chi connectivity index (χ0n) is 9.86. The predicted octanol–water partition coefficient (Wildman–Crippen LogP) is 2.75. The highest BCUT2D eigenvalue weighted by Crippen LogP contribution is 2.61. The van der Waals surface area contributed by atoms with Gasteiger partial charge in [-0.1, -0.05) is 19.1 Å². The van der Waals surface area contributed by atoms with Crippen molar-refractivity contribution in [1.29, 1.82) is 0 Å². The maximum atomic E-state index is 4.81. The van der Waals surface area contributed by atoms with Gasteiger partial charge in [0.1, 0.15) is 5.01 Å². The van der Waals surface area contributed by atoms with Crippen LogP contribution in [0.1, 0.15) is 18.4 Å². The van der Waals surface area contributed by atoms with Crippen LogP contribution < -0.4 is 5.32 Å². The number of rotatable bonds is 2. The smallest absolute Gasteiger partial charge is 0.100 e. The molecule has 87 valence electrons. The van der Waals surface area contributed by atoms with Gasteiger partial charge in [0, 0.05) is 5.41 Å². The van der Waals surface area contributed by atoms with E-state index in [0.29, 0.717) is 0 Å². The maximum Gasteiger partial charge on any atom is 0.100 e. The Morgan fingerprint density at radius 3 is 2.88 bits per heavy atom. The van der Waals surface area contributed by atoms with E-state index in [1.807, 2.05) is 11.3 Å². The van der Waals surface area contributed by atoms with Crippen molar-refractivity contribution < 1.29 is 0 Å². The summed E-state index contributed by atoms with van der Waals surface area (Å²) in [5.41, 5.74) is 1.45. The highest BCUT2D eigenvalue weighted by Gasteiger charge is 2.58. The van der Waals surface area contributed by atoms with E-state index >= 15 is 0 Å². The first kappa shape index (κ1) is 10.0. The van der Waals surface area contributed by atoms with Crippen molar-refractivity contribution >= 4 is 21.6 Å². The topological polar surface area (TPSA) is 24.9 Å². The fraction of sp³-hybridized carbons (Fsp3) is 0.429. The number of benzene rings is 1. The minimum atomic E-state index is 0.288. The lowest BCUT2D eigenvalue weighted by molar-refractivity contribution is 0.375. The first-order valence-corrected chi connectivity index (χ1v) is 7.02. The molecule has 1 saturated carbocycles. The Bertz CT molecular complexity index is 539. The lowest BCUT2D eigenvalue weighted by atomic mass is 9.92. The fourth-order valence-corrected chi connectivity index (χ4v) is 3.93. The van der Waals surface area contributed by atoms with Gasteiger partial charge in [-0.25, -0.2) is 4.98 Å². The van der Waals surface area contributed by atoms with E-state index in [2.05, 4.69) is 36.5 Å². The third kappa shape index (κ3) is 1.39. The molecule has 1 aliphatic carbocycles. The number of fused-ring (bicyclic) bond motifs is 1. The van der Waals surface area contributed by atoms with Crippen molar-refractivity contribution in [3.63, 3.8) is 0 Å².